The van der Waals surface area contributed by atoms with Crippen molar-refractivity contribution < 1.29 is 0 Å². The molecule has 0 radical (unpaired) electrons. The Balaban J connectivity index is 1.04. The molecule has 1 aliphatic heterocycles. The van der Waals surface area contributed by atoms with E-state index in [1.165, 1.54) is 93.2 Å². The summed E-state index contributed by atoms with van der Waals surface area (Å²) in [4.78, 5) is 2.43. The lowest BCUT2D eigenvalue weighted by atomic mass is 9.74. The highest BCUT2D eigenvalue weighted by Gasteiger charge is 2.35. The van der Waals surface area contributed by atoms with Crippen LogP contribution in [-0.2, 0) is 5.41 Å². The predicted octanol–water partition coefficient (Wildman–Crippen LogP) is 15.7. The molecule has 0 saturated heterocycles. The third-order valence-corrected chi connectivity index (χ3v) is 12.9. The summed E-state index contributed by atoms with van der Waals surface area (Å²) in [6.07, 6.45) is 0. The molecule has 0 N–H and O–H groups in total. The van der Waals surface area contributed by atoms with Gasteiger partial charge in [-0.25, -0.2) is 0 Å². The monoisotopic (exact) mass is 752 g/mol. The second-order valence-electron chi connectivity index (χ2n) is 16.6. The van der Waals surface area contributed by atoms with Crippen molar-refractivity contribution in [2.45, 2.75) is 19.3 Å². The van der Waals surface area contributed by atoms with Crippen molar-refractivity contribution in [3.63, 3.8) is 0 Å². The van der Waals surface area contributed by atoms with E-state index >= 15 is 0 Å². The summed E-state index contributed by atoms with van der Waals surface area (Å²) in [5, 5.41) is 9.97. The van der Waals surface area contributed by atoms with Crippen molar-refractivity contribution in [1.82, 2.24) is 4.57 Å². The largest absolute Gasteiger partial charge is 0.309 e. The molecule has 0 amide bonds. The van der Waals surface area contributed by atoms with Gasteiger partial charge in [0, 0.05) is 32.6 Å². The predicted molar refractivity (Wildman–Crippen MR) is 251 cm³/mol. The van der Waals surface area contributed by atoms with E-state index in [0.717, 1.165) is 17.1 Å². The lowest BCUT2D eigenvalue weighted by molar-refractivity contribution is 0.630. The van der Waals surface area contributed by atoms with E-state index in [9.17, 15) is 0 Å². The Morgan fingerprint density at radius 2 is 0.932 bits per heavy atom. The average Bonchev–Trinajstić information content (AvgIpc) is 3.62. The molecule has 1 aromatic heterocycles. The van der Waals surface area contributed by atoms with Gasteiger partial charge in [-0.1, -0.05) is 159 Å². The van der Waals surface area contributed by atoms with Gasteiger partial charge in [0.1, 0.15) is 0 Å². The minimum Gasteiger partial charge on any atom is -0.309 e. The SMILES string of the molecule is CC1(C)c2ccccc2-n2c3ccc(-c4ccc(N(c5cccc6ccccc56)c5cccc6ccccc56)cc4)cc3c3cc(-c4ccc5ccccc5c4)cc1c32. The van der Waals surface area contributed by atoms with Crippen LogP contribution in [0.4, 0.5) is 17.1 Å². The number of nitrogens with zero attached hydrogens (tertiary/aromatic N) is 2. The van der Waals surface area contributed by atoms with Crippen LogP contribution in [-0.4, -0.2) is 4.57 Å². The highest BCUT2D eigenvalue weighted by atomic mass is 15.1. The number of anilines is 3. The van der Waals surface area contributed by atoms with Crippen molar-refractivity contribution >= 4 is 71.2 Å². The number of fused-ring (bicyclic) bond motifs is 8. The Bertz CT molecular complexity index is 3390. The molecule has 2 heterocycles. The normalized spacial score (nSPS) is 13.1. The molecule has 59 heavy (non-hydrogen) atoms. The van der Waals surface area contributed by atoms with Crippen LogP contribution in [0.5, 0.6) is 0 Å². The Morgan fingerprint density at radius 3 is 1.66 bits per heavy atom. The highest BCUT2D eigenvalue weighted by molar-refractivity contribution is 6.14. The first-order chi connectivity index (χ1) is 29.0. The maximum absolute atomic E-state index is 2.52. The number of hydrogen-bond donors (Lipinski definition) is 0. The minimum absolute atomic E-state index is 0.176. The molecule has 2 heteroatoms. The van der Waals surface area contributed by atoms with Crippen LogP contribution >= 0.6 is 0 Å². The van der Waals surface area contributed by atoms with Crippen LogP contribution < -0.4 is 4.90 Å². The Morgan fingerprint density at radius 1 is 0.373 bits per heavy atom. The summed E-state index contributed by atoms with van der Waals surface area (Å²) < 4.78 is 2.52. The molecule has 0 aliphatic carbocycles. The first-order valence-corrected chi connectivity index (χ1v) is 20.6. The molecule has 0 unspecified atom stereocenters. The molecule has 0 spiro atoms. The van der Waals surface area contributed by atoms with Crippen LogP contribution in [0, 0.1) is 0 Å². The lowest BCUT2D eigenvalue weighted by Gasteiger charge is -2.35. The molecule has 1 aliphatic rings. The summed E-state index contributed by atoms with van der Waals surface area (Å²) in [5.74, 6) is 0. The van der Waals surface area contributed by atoms with E-state index in [0.29, 0.717) is 0 Å². The second kappa shape index (κ2) is 12.8. The fraction of sp³-hybridized carbons (Fsp3) is 0.0526. The molecule has 278 valence electrons. The third-order valence-electron chi connectivity index (χ3n) is 12.9. The Kier molecular flexibility index (Phi) is 7.31. The van der Waals surface area contributed by atoms with E-state index in [1.54, 1.807) is 0 Å². The zero-order valence-electron chi connectivity index (χ0n) is 33.0. The van der Waals surface area contributed by atoms with Crippen molar-refractivity contribution in [3.8, 4) is 27.9 Å². The van der Waals surface area contributed by atoms with Gasteiger partial charge in [0.05, 0.1) is 28.1 Å². The summed E-state index contributed by atoms with van der Waals surface area (Å²) in [5.41, 5.74) is 14.7. The van der Waals surface area contributed by atoms with Gasteiger partial charge in [-0.3, -0.25) is 0 Å². The zero-order valence-corrected chi connectivity index (χ0v) is 33.0. The molecular weight excluding hydrogens is 713 g/mol. The average molecular weight is 753 g/mol. The fourth-order valence-electron chi connectivity index (χ4n) is 9.95. The van der Waals surface area contributed by atoms with Gasteiger partial charge < -0.3 is 9.47 Å². The van der Waals surface area contributed by atoms with E-state index < -0.39 is 0 Å². The van der Waals surface area contributed by atoms with Crippen molar-refractivity contribution in [1.29, 1.82) is 0 Å². The number of rotatable bonds is 5. The van der Waals surface area contributed by atoms with Crippen LogP contribution in [0.2, 0.25) is 0 Å². The Hall–Kier alpha value is -7.42. The van der Waals surface area contributed by atoms with Gasteiger partial charge in [0.2, 0.25) is 0 Å². The van der Waals surface area contributed by atoms with E-state index in [2.05, 4.69) is 230 Å². The van der Waals surface area contributed by atoms with Crippen LogP contribution in [0.1, 0.15) is 25.0 Å². The fourth-order valence-corrected chi connectivity index (χ4v) is 9.95. The van der Waals surface area contributed by atoms with Gasteiger partial charge in [-0.05, 0) is 116 Å². The van der Waals surface area contributed by atoms with E-state index in [-0.39, 0.29) is 5.41 Å². The maximum atomic E-state index is 2.52. The quantitative estimate of drug-likeness (QED) is 0.170. The Labute approximate surface area is 343 Å². The molecular formula is C57H40N2. The number of para-hydroxylation sites is 1. The molecule has 0 saturated carbocycles. The summed E-state index contributed by atoms with van der Waals surface area (Å²) in [6, 6.07) is 76.2. The lowest BCUT2D eigenvalue weighted by Crippen LogP contribution is -2.26. The standard InChI is InChI=1S/C57H40N2/c1-57(2)50-21-9-10-22-55(50)59-54-32-29-43(34-48(54)49-35-44(36-51(57)56(49)59)42-26-25-37-13-3-4-16-41(37)33-42)38-27-30-45(31-28-38)58(52-23-11-17-39-14-5-7-19-46(39)52)53-24-12-18-40-15-6-8-20-47(40)53/h3-36H,1-2H3. The van der Waals surface area contributed by atoms with Gasteiger partial charge in [-0.2, -0.15) is 0 Å². The summed E-state index contributed by atoms with van der Waals surface area (Å²) >= 11 is 0. The van der Waals surface area contributed by atoms with Crippen molar-refractivity contribution in [3.05, 3.63) is 217 Å². The molecule has 11 aromatic rings. The molecule has 0 fully saturated rings. The van der Waals surface area contributed by atoms with Crippen LogP contribution in [0.15, 0.2) is 206 Å². The minimum atomic E-state index is -0.176. The maximum Gasteiger partial charge on any atom is 0.0582 e. The van der Waals surface area contributed by atoms with Gasteiger partial charge in [-0.15, -0.1) is 0 Å². The van der Waals surface area contributed by atoms with Crippen LogP contribution in [0.3, 0.4) is 0 Å². The number of hydrogen-bond acceptors (Lipinski definition) is 1. The third kappa shape index (κ3) is 5.13. The molecule has 2 nitrogen and oxygen atoms in total. The highest BCUT2D eigenvalue weighted by Crippen LogP contribution is 2.50. The molecule has 12 rings (SSSR count). The van der Waals surface area contributed by atoms with E-state index in [4.69, 9.17) is 0 Å². The molecule has 0 atom stereocenters. The van der Waals surface area contributed by atoms with E-state index in [1.807, 2.05) is 0 Å². The van der Waals surface area contributed by atoms with Gasteiger partial charge in [0.15, 0.2) is 0 Å². The molecule has 10 aromatic carbocycles. The summed E-state index contributed by atoms with van der Waals surface area (Å²) in [7, 11) is 0. The van der Waals surface area contributed by atoms with Crippen LogP contribution in [0.25, 0.3) is 82.1 Å². The van der Waals surface area contributed by atoms with Crippen molar-refractivity contribution in [2.75, 3.05) is 4.90 Å². The number of benzene rings is 10. The number of aromatic nitrogens is 1. The molecule has 0 bridgehead atoms. The first-order valence-electron chi connectivity index (χ1n) is 20.6. The topological polar surface area (TPSA) is 8.17 Å². The second-order valence-corrected chi connectivity index (χ2v) is 16.6. The summed E-state index contributed by atoms with van der Waals surface area (Å²) in [6.45, 7) is 4.78. The zero-order chi connectivity index (χ0) is 39.2. The smallest absolute Gasteiger partial charge is 0.0582 e. The first kappa shape index (κ1) is 33.7. The van der Waals surface area contributed by atoms with Gasteiger partial charge >= 0.3 is 0 Å². The van der Waals surface area contributed by atoms with Gasteiger partial charge in [0.25, 0.3) is 0 Å². The van der Waals surface area contributed by atoms with Crippen molar-refractivity contribution in [2.24, 2.45) is 0 Å².